The lowest BCUT2D eigenvalue weighted by Crippen LogP contribution is -2.52. The molecule has 6 nitrogen and oxygen atoms in total. The van der Waals surface area contributed by atoms with Gasteiger partial charge in [0.2, 0.25) is 5.91 Å². The van der Waals surface area contributed by atoms with Gasteiger partial charge in [-0.2, -0.15) is 0 Å². The van der Waals surface area contributed by atoms with Crippen LogP contribution in [0.4, 0.5) is 5.69 Å². The van der Waals surface area contributed by atoms with Crippen molar-refractivity contribution in [1.29, 1.82) is 0 Å². The normalized spacial score (nSPS) is 20.3. The van der Waals surface area contributed by atoms with Crippen LogP contribution in [0.1, 0.15) is 18.5 Å². The van der Waals surface area contributed by atoms with Gasteiger partial charge in [-0.3, -0.25) is 14.9 Å². The second kappa shape index (κ2) is 7.13. The highest BCUT2D eigenvalue weighted by Gasteiger charge is 2.38. The fourth-order valence-corrected chi connectivity index (χ4v) is 2.84. The van der Waals surface area contributed by atoms with Crippen molar-refractivity contribution in [3.05, 3.63) is 59.1 Å². The quantitative estimate of drug-likeness (QED) is 0.763. The number of carbonyl (C=O) groups excluding carboxylic acids is 2. The van der Waals surface area contributed by atoms with E-state index in [1.54, 1.807) is 37.3 Å². The number of amides is 2. The number of ether oxygens (including phenoxy) is 1. The van der Waals surface area contributed by atoms with E-state index in [2.05, 4.69) is 10.6 Å². The monoisotopic (exact) mass is 359 g/mol. The van der Waals surface area contributed by atoms with Crippen LogP contribution in [0.25, 0.3) is 0 Å². The van der Waals surface area contributed by atoms with Crippen LogP contribution in [0.15, 0.2) is 48.5 Å². The first-order valence-electron chi connectivity index (χ1n) is 7.83. The molecular formula is C18H18ClN3O3. The van der Waals surface area contributed by atoms with Gasteiger partial charge in [-0.05, 0) is 42.8 Å². The SMILES string of the molecule is CC(N[C@H]1c2ccccc2NC(=O)[C@@H]1Oc1ccc(Cl)cc1)C(N)=O. The number of para-hydroxylation sites is 1. The Morgan fingerprint density at radius 2 is 1.92 bits per heavy atom. The molecule has 25 heavy (non-hydrogen) atoms. The Hall–Kier alpha value is -2.57. The van der Waals surface area contributed by atoms with Gasteiger partial charge in [0, 0.05) is 10.7 Å². The van der Waals surface area contributed by atoms with Crippen LogP contribution >= 0.6 is 11.6 Å². The summed E-state index contributed by atoms with van der Waals surface area (Å²) in [6, 6.07) is 12.9. The summed E-state index contributed by atoms with van der Waals surface area (Å²) in [6.07, 6.45) is -0.863. The largest absolute Gasteiger partial charge is 0.479 e. The molecule has 7 heteroatoms. The molecule has 0 saturated heterocycles. The highest BCUT2D eigenvalue weighted by Crippen LogP contribution is 2.33. The minimum Gasteiger partial charge on any atom is -0.479 e. The zero-order valence-electron chi connectivity index (χ0n) is 13.5. The maximum atomic E-state index is 12.6. The highest BCUT2D eigenvalue weighted by atomic mass is 35.5. The molecule has 1 aliphatic heterocycles. The van der Waals surface area contributed by atoms with Crippen LogP contribution in [0, 0.1) is 0 Å². The van der Waals surface area contributed by atoms with E-state index in [-0.39, 0.29) is 5.91 Å². The lowest BCUT2D eigenvalue weighted by Gasteiger charge is -2.34. The average molecular weight is 360 g/mol. The fourth-order valence-electron chi connectivity index (χ4n) is 2.71. The minimum atomic E-state index is -0.863. The maximum absolute atomic E-state index is 12.6. The zero-order chi connectivity index (χ0) is 18.0. The number of nitrogens with two attached hydrogens (primary N) is 1. The molecule has 1 unspecified atom stereocenters. The highest BCUT2D eigenvalue weighted by molar-refractivity contribution is 6.30. The van der Waals surface area contributed by atoms with Crippen LogP contribution in [-0.4, -0.2) is 24.0 Å². The first-order valence-corrected chi connectivity index (χ1v) is 8.21. The minimum absolute atomic E-state index is 0.303. The number of hydrogen-bond donors (Lipinski definition) is 3. The number of carbonyl (C=O) groups is 2. The summed E-state index contributed by atoms with van der Waals surface area (Å²) in [4.78, 5) is 24.0. The number of rotatable bonds is 5. The second-order valence-electron chi connectivity index (χ2n) is 5.84. The third kappa shape index (κ3) is 3.75. The van der Waals surface area contributed by atoms with E-state index in [1.807, 2.05) is 18.2 Å². The van der Waals surface area contributed by atoms with Crippen molar-refractivity contribution in [3.8, 4) is 5.75 Å². The smallest absolute Gasteiger partial charge is 0.267 e. The van der Waals surface area contributed by atoms with Crippen molar-refractivity contribution >= 4 is 29.1 Å². The third-order valence-electron chi connectivity index (χ3n) is 4.05. The molecule has 4 N–H and O–H groups in total. The van der Waals surface area contributed by atoms with Crippen LogP contribution < -0.4 is 21.1 Å². The van der Waals surface area contributed by atoms with Crippen molar-refractivity contribution in [2.24, 2.45) is 5.73 Å². The summed E-state index contributed by atoms with van der Waals surface area (Å²) in [5.41, 5.74) is 6.87. The molecule has 1 aliphatic rings. The van der Waals surface area contributed by atoms with Gasteiger partial charge in [-0.1, -0.05) is 29.8 Å². The molecular weight excluding hydrogens is 342 g/mol. The summed E-state index contributed by atoms with van der Waals surface area (Å²) in [6.45, 7) is 1.65. The van der Waals surface area contributed by atoms with Crippen LogP contribution in [0.5, 0.6) is 5.75 Å². The number of benzene rings is 2. The first-order chi connectivity index (χ1) is 12.0. The van der Waals surface area contributed by atoms with Crippen molar-refractivity contribution in [3.63, 3.8) is 0 Å². The Labute approximate surface area is 150 Å². The topological polar surface area (TPSA) is 93.4 Å². The Morgan fingerprint density at radius 3 is 2.60 bits per heavy atom. The Bertz CT molecular complexity index is 794. The Morgan fingerprint density at radius 1 is 1.24 bits per heavy atom. The van der Waals surface area contributed by atoms with Crippen molar-refractivity contribution < 1.29 is 14.3 Å². The summed E-state index contributed by atoms with van der Waals surface area (Å²) in [5.74, 6) is -0.306. The molecule has 2 aromatic carbocycles. The maximum Gasteiger partial charge on any atom is 0.267 e. The molecule has 0 saturated carbocycles. The predicted octanol–water partition coefficient (Wildman–Crippen LogP) is 2.24. The zero-order valence-corrected chi connectivity index (χ0v) is 14.3. The summed E-state index contributed by atoms with van der Waals surface area (Å²) in [5, 5.41) is 6.50. The predicted molar refractivity (Wildman–Crippen MR) is 95.5 cm³/mol. The molecule has 3 rings (SSSR count). The Balaban J connectivity index is 1.94. The lowest BCUT2D eigenvalue weighted by atomic mass is 9.94. The van der Waals surface area contributed by atoms with Gasteiger partial charge in [-0.25, -0.2) is 0 Å². The van der Waals surface area contributed by atoms with Crippen LogP contribution in [0.3, 0.4) is 0 Å². The summed E-state index contributed by atoms with van der Waals surface area (Å²) in [7, 11) is 0. The molecule has 130 valence electrons. The van der Waals surface area contributed by atoms with Gasteiger partial charge in [0.25, 0.3) is 5.91 Å². The van der Waals surface area contributed by atoms with Gasteiger partial charge in [0.15, 0.2) is 6.10 Å². The van der Waals surface area contributed by atoms with Gasteiger partial charge >= 0.3 is 0 Å². The molecule has 3 atom stereocenters. The number of fused-ring (bicyclic) bond motifs is 1. The molecule has 1 heterocycles. The average Bonchev–Trinajstić information content (AvgIpc) is 2.59. The number of anilines is 1. The van der Waals surface area contributed by atoms with E-state index >= 15 is 0 Å². The van der Waals surface area contributed by atoms with Crippen molar-refractivity contribution in [2.75, 3.05) is 5.32 Å². The van der Waals surface area contributed by atoms with Gasteiger partial charge < -0.3 is 15.8 Å². The van der Waals surface area contributed by atoms with E-state index in [0.717, 1.165) is 5.56 Å². The summed E-state index contributed by atoms with van der Waals surface area (Å²) >= 11 is 5.88. The molecule has 0 radical (unpaired) electrons. The Kier molecular flexibility index (Phi) is 4.92. The van der Waals surface area contributed by atoms with E-state index in [0.29, 0.717) is 16.5 Å². The third-order valence-corrected chi connectivity index (χ3v) is 4.30. The summed E-state index contributed by atoms with van der Waals surface area (Å²) < 4.78 is 5.89. The molecule has 0 bridgehead atoms. The van der Waals surface area contributed by atoms with E-state index in [9.17, 15) is 9.59 Å². The molecule has 0 aromatic heterocycles. The number of primary amides is 1. The second-order valence-corrected chi connectivity index (χ2v) is 6.27. The number of halogens is 1. The molecule has 2 aromatic rings. The number of hydrogen-bond acceptors (Lipinski definition) is 4. The van der Waals surface area contributed by atoms with E-state index in [4.69, 9.17) is 22.1 Å². The van der Waals surface area contributed by atoms with Crippen LogP contribution in [-0.2, 0) is 9.59 Å². The van der Waals surface area contributed by atoms with E-state index in [1.165, 1.54) is 0 Å². The van der Waals surface area contributed by atoms with Crippen molar-refractivity contribution in [2.45, 2.75) is 25.1 Å². The molecule has 0 fully saturated rings. The standard InChI is InChI=1S/C18H18ClN3O3/c1-10(17(20)23)21-15-13-4-2-3-5-14(13)22-18(24)16(15)25-12-8-6-11(19)7-9-12/h2-10,15-16,21H,1H3,(H2,20,23)(H,22,24)/t10?,15-,16+/m0/s1. The fraction of sp³-hybridized carbons (Fsp3) is 0.222. The first kappa shape index (κ1) is 17.3. The molecule has 2 amide bonds. The van der Waals surface area contributed by atoms with E-state index < -0.39 is 24.1 Å². The molecule has 0 aliphatic carbocycles. The molecule has 0 spiro atoms. The lowest BCUT2D eigenvalue weighted by molar-refractivity contribution is -0.126. The van der Waals surface area contributed by atoms with Crippen LogP contribution in [0.2, 0.25) is 5.02 Å². The van der Waals surface area contributed by atoms with Gasteiger partial charge in [0.05, 0.1) is 12.1 Å². The van der Waals surface area contributed by atoms with Crippen molar-refractivity contribution in [1.82, 2.24) is 5.32 Å². The van der Waals surface area contributed by atoms with Gasteiger partial charge in [0.1, 0.15) is 5.75 Å². The number of nitrogens with one attached hydrogen (secondary N) is 2. The van der Waals surface area contributed by atoms with Gasteiger partial charge in [-0.15, -0.1) is 0 Å².